The Balaban J connectivity index is 1.97. The lowest BCUT2D eigenvalue weighted by molar-refractivity contribution is -0.148. The highest BCUT2D eigenvalue weighted by molar-refractivity contribution is 6.34. The van der Waals surface area contributed by atoms with Gasteiger partial charge in [0.1, 0.15) is 5.82 Å². The van der Waals surface area contributed by atoms with Gasteiger partial charge in [-0.15, -0.1) is 0 Å². The number of carboxylic acid groups (broad SMARTS) is 1. The number of allylic oxidation sites excluding steroid dienone is 2. The molecule has 0 saturated heterocycles. The van der Waals surface area contributed by atoms with Crippen molar-refractivity contribution in [1.29, 1.82) is 5.41 Å². The van der Waals surface area contributed by atoms with Gasteiger partial charge in [0, 0.05) is 0 Å². The van der Waals surface area contributed by atoms with Gasteiger partial charge in [0.2, 0.25) is 0 Å². The van der Waals surface area contributed by atoms with Gasteiger partial charge in [-0.1, -0.05) is 29.8 Å². The minimum Gasteiger partial charge on any atom is -0.481 e. The van der Waals surface area contributed by atoms with Gasteiger partial charge in [-0.3, -0.25) is 15.0 Å². The molecule has 3 N–H and O–H groups in total. The summed E-state index contributed by atoms with van der Waals surface area (Å²) in [4.78, 5) is 24.2. The smallest absolute Gasteiger partial charge is 0.417 e. The van der Waals surface area contributed by atoms with E-state index in [4.69, 9.17) is 17.0 Å². The highest BCUT2D eigenvalue weighted by Gasteiger charge is 2.37. The number of alkyl halides is 3. The van der Waals surface area contributed by atoms with Crippen molar-refractivity contribution in [2.24, 2.45) is 5.41 Å². The van der Waals surface area contributed by atoms with E-state index in [1.165, 1.54) is 18.2 Å². The summed E-state index contributed by atoms with van der Waals surface area (Å²) in [6, 6.07) is 6.47. The molecule has 33 heavy (non-hydrogen) atoms. The van der Waals surface area contributed by atoms with Crippen LogP contribution in [0.1, 0.15) is 47.7 Å². The van der Waals surface area contributed by atoms with E-state index in [1.807, 2.05) is 0 Å². The third-order valence-corrected chi connectivity index (χ3v) is 5.96. The summed E-state index contributed by atoms with van der Waals surface area (Å²) in [5, 5.41) is 19.6. The molecule has 2 aromatic rings. The number of aliphatic carboxylic acids is 1. The molecule has 1 amide bonds. The summed E-state index contributed by atoms with van der Waals surface area (Å²) in [5.41, 5.74) is -3.49. The van der Waals surface area contributed by atoms with Crippen LogP contribution in [0.2, 0.25) is 5.02 Å². The van der Waals surface area contributed by atoms with Gasteiger partial charge in [0.05, 0.1) is 38.5 Å². The zero-order chi connectivity index (χ0) is 24.6. The third kappa shape index (κ3) is 4.93. The quantitative estimate of drug-likeness (QED) is 0.344. The lowest BCUT2D eigenvalue weighted by Crippen LogP contribution is -2.30. The van der Waals surface area contributed by atoms with Crippen LogP contribution in [0, 0.1) is 16.6 Å². The molecule has 0 saturated carbocycles. The SMILES string of the molecule is CC1(C(=O)O)CC=C(C(=N)c2c(F)cccc2NC(=O)c2c(Cl)cccc2C(F)(F)F)CC1. The molecule has 10 heteroatoms. The van der Waals surface area contributed by atoms with E-state index in [0.717, 1.165) is 18.2 Å². The number of carbonyl (C=O) groups is 2. The van der Waals surface area contributed by atoms with Crippen LogP contribution in [0.5, 0.6) is 0 Å². The Labute approximate surface area is 191 Å². The predicted octanol–water partition coefficient (Wildman–Crippen LogP) is 6.32. The van der Waals surface area contributed by atoms with Crippen molar-refractivity contribution in [3.05, 3.63) is 75.6 Å². The van der Waals surface area contributed by atoms with E-state index >= 15 is 0 Å². The first kappa shape index (κ1) is 24.4. The number of hydrogen-bond donors (Lipinski definition) is 3. The van der Waals surface area contributed by atoms with E-state index < -0.39 is 45.4 Å². The van der Waals surface area contributed by atoms with Gasteiger partial charge in [-0.05, 0) is 56.0 Å². The van der Waals surface area contributed by atoms with Crippen molar-refractivity contribution in [2.75, 3.05) is 5.32 Å². The van der Waals surface area contributed by atoms with Gasteiger partial charge in [-0.2, -0.15) is 13.2 Å². The van der Waals surface area contributed by atoms with E-state index in [2.05, 4.69) is 5.32 Å². The average molecular weight is 483 g/mol. The van der Waals surface area contributed by atoms with Crippen molar-refractivity contribution in [1.82, 2.24) is 0 Å². The number of hydrogen-bond acceptors (Lipinski definition) is 3. The molecule has 0 bridgehead atoms. The summed E-state index contributed by atoms with van der Waals surface area (Å²) in [6.45, 7) is 1.57. The first-order chi connectivity index (χ1) is 15.3. The number of rotatable bonds is 5. The summed E-state index contributed by atoms with van der Waals surface area (Å²) in [7, 11) is 0. The van der Waals surface area contributed by atoms with Crippen LogP contribution >= 0.6 is 11.6 Å². The molecule has 1 atom stereocenters. The Morgan fingerprint density at radius 1 is 1.15 bits per heavy atom. The fraction of sp³-hybridized carbons (Fsp3) is 0.261. The van der Waals surface area contributed by atoms with Gasteiger partial charge in [0.15, 0.2) is 0 Å². The van der Waals surface area contributed by atoms with Crippen LogP contribution in [-0.2, 0) is 11.0 Å². The van der Waals surface area contributed by atoms with E-state index in [9.17, 15) is 32.3 Å². The molecule has 0 aliphatic heterocycles. The van der Waals surface area contributed by atoms with Crippen molar-refractivity contribution in [3.63, 3.8) is 0 Å². The molecular weight excluding hydrogens is 464 g/mol. The number of carboxylic acids is 1. The van der Waals surface area contributed by atoms with Crippen LogP contribution < -0.4 is 5.32 Å². The molecule has 3 rings (SSSR count). The number of nitrogens with one attached hydrogen (secondary N) is 2. The van der Waals surface area contributed by atoms with Gasteiger partial charge in [-0.25, -0.2) is 4.39 Å². The first-order valence-electron chi connectivity index (χ1n) is 9.82. The second-order valence-corrected chi connectivity index (χ2v) is 8.36. The predicted molar refractivity (Wildman–Crippen MR) is 115 cm³/mol. The molecule has 0 radical (unpaired) electrons. The van der Waals surface area contributed by atoms with Crippen LogP contribution in [0.3, 0.4) is 0 Å². The highest BCUT2D eigenvalue weighted by atomic mass is 35.5. The molecule has 174 valence electrons. The van der Waals surface area contributed by atoms with Crippen molar-refractivity contribution in [3.8, 4) is 0 Å². The second kappa shape index (κ2) is 8.97. The number of halogens is 5. The summed E-state index contributed by atoms with van der Waals surface area (Å²) in [6.07, 6.45) is -2.77. The summed E-state index contributed by atoms with van der Waals surface area (Å²) >= 11 is 5.87. The van der Waals surface area contributed by atoms with Crippen LogP contribution in [0.4, 0.5) is 23.2 Å². The fourth-order valence-electron chi connectivity index (χ4n) is 3.60. The molecule has 0 fully saturated rings. The Kier molecular flexibility index (Phi) is 6.65. The number of anilines is 1. The molecule has 0 aromatic heterocycles. The zero-order valence-corrected chi connectivity index (χ0v) is 18.1. The first-order valence-corrected chi connectivity index (χ1v) is 10.2. The Hall–Kier alpha value is -3.20. The zero-order valence-electron chi connectivity index (χ0n) is 17.3. The van der Waals surface area contributed by atoms with Gasteiger partial charge < -0.3 is 10.4 Å². The Morgan fingerprint density at radius 3 is 2.39 bits per heavy atom. The third-order valence-electron chi connectivity index (χ3n) is 5.64. The van der Waals surface area contributed by atoms with E-state index in [1.54, 1.807) is 6.92 Å². The Morgan fingerprint density at radius 2 is 1.82 bits per heavy atom. The minimum atomic E-state index is -4.85. The normalized spacial score (nSPS) is 18.4. The fourth-order valence-corrected chi connectivity index (χ4v) is 3.86. The highest BCUT2D eigenvalue weighted by Crippen LogP contribution is 2.38. The van der Waals surface area contributed by atoms with E-state index in [-0.39, 0.29) is 36.2 Å². The average Bonchev–Trinajstić information content (AvgIpc) is 2.73. The second-order valence-electron chi connectivity index (χ2n) is 7.95. The van der Waals surface area contributed by atoms with Crippen molar-refractivity contribution < 1.29 is 32.3 Å². The molecule has 2 aromatic carbocycles. The molecule has 1 aliphatic rings. The number of benzene rings is 2. The van der Waals surface area contributed by atoms with Crippen LogP contribution in [0.15, 0.2) is 48.0 Å². The lowest BCUT2D eigenvalue weighted by Gasteiger charge is -2.29. The molecule has 0 heterocycles. The van der Waals surface area contributed by atoms with Gasteiger partial charge >= 0.3 is 12.1 Å². The van der Waals surface area contributed by atoms with Crippen molar-refractivity contribution in [2.45, 2.75) is 32.4 Å². The van der Waals surface area contributed by atoms with Crippen LogP contribution in [0.25, 0.3) is 0 Å². The number of amides is 1. The maximum absolute atomic E-state index is 14.7. The summed E-state index contributed by atoms with van der Waals surface area (Å²) < 4.78 is 54.9. The molecule has 0 spiro atoms. The van der Waals surface area contributed by atoms with Gasteiger partial charge in [0.25, 0.3) is 5.91 Å². The Bertz CT molecular complexity index is 1180. The standard InChI is InChI=1S/C23H19ClF4N2O3/c1-22(21(32)33)10-8-12(9-11-22)19(29)18-15(25)6-3-7-16(18)30-20(31)17-13(23(26,27)28)4-2-5-14(17)24/h2-8,29H,9-11H2,1H3,(H,30,31)(H,32,33). The monoisotopic (exact) mass is 482 g/mol. The molecule has 1 unspecified atom stereocenters. The maximum atomic E-state index is 14.7. The van der Waals surface area contributed by atoms with E-state index in [0.29, 0.717) is 11.6 Å². The topological polar surface area (TPSA) is 90.2 Å². The number of carbonyl (C=O) groups excluding carboxylic acids is 1. The maximum Gasteiger partial charge on any atom is 0.417 e. The largest absolute Gasteiger partial charge is 0.481 e. The van der Waals surface area contributed by atoms with Crippen molar-refractivity contribution >= 4 is 34.9 Å². The molecular formula is C23H19ClF4N2O3. The summed E-state index contributed by atoms with van der Waals surface area (Å²) in [5.74, 6) is -3.05. The molecule has 1 aliphatic carbocycles. The minimum absolute atomic E-state index is 0.130. The van der Waals surface area contributed by atoms with Crippen LogP contribution in [-0.4, -0.2) is 22.7 Å². The molecule has 5 nitrogen and oxygen atoms in total. The lowest BCUT2D eigenvalue weighted by atomic mass is 9.75.